The molecule has 4 heteroatoms. The van der Waals surface area contributed by atoms with Crippen molar-refractivity contribution in [1.29, 1.82) is 0 Å². The van der Waals surface area contributed by atoms with Gasteiger partial charge in [0.2, 0.25) is 0 Å². The number of ether oxygens (including phenoxy) is 2. The van der Waals surface area contributed by atoms with Crippen LogP contribution in [0.5, 0.6) is 5.75 Å². The van der Waals surface area contributed by atoms with Gasteiger partial charge in [0, 0.05) is 13.0 Å². The number of esters is 1. The summed E-state index contributed by atoms with van der Waals surface area (Å²) in [5.41, 5.74) is 0.960. The fourth-order valence-electron chi connectivity index (χ4n) is 3.82. The van der Waals surface area contributed by atoms with Crippen molar-refractivity contribution < 1.29 is 19.4 Å². The average Bonchev–Trinajstić information content (AvgIpc) is 2.77. The molecule has 0 heterocycles. The molecule has 0 spiro atoms. The van der Waals surface area contributed by atoms with Gasteiger partial charge in [-0.15, -0.1) is 0 Å². The van der Waals surface area contributed by atoms with Gasteiger partial charge < -0.3 is 14.6 Å². The summed E-state index contributed by atoms with van der Waals surface area (Å²) in [6, 6.07) is 7.55. The van der Waals surface area contributed by atoms with Crippen molar-refractivity contribution in [1.82, 2.24) is 0 Å². The molecule has 0 saturated carbocycles. The van der Waals surface area contributed by atoms with Crippen LogP contribution in [0.2, 0.25) is 0 Å². The van der Waals surface area contributed by atoms with Crippen LogP contribution in [0.1, 0.15) is 102 Å². The minimum atomic E-state index is -0.156. The highest BCUT2D eigenvalue weighted by Crippen LogP contribution is 2.21. The molecule has 0 aromatic heterocycles. The number of rotatable bonds is 19. The molecule has 0 bridgehead atoms. The molecule has 0 aliphatic carbocycles. The molecule has 0 radical (unpaired) electrons. The molecule has 1 aromatic rings. The van der Waals surface area contributed by atoms with E-state index in [0.29, 0.717) is 18.9 Å². The molecule has 0 fully saturated rings. The lowest BCUT2D eigenvalue weighted by Gasteiger charge is -2.15. The molecule has 1 atom stereocenters. The van der Waals surface area contributed by atoms with Crippen LogP contribution in [-0.4, -0.2) is 24.8 Å². The van der Waals surface area contributed by atoms with Crippen LogP contribution in [0, 0.1) is 5.92 Å². The number of carbonyl (C=O) groups excluding carboxylic acids is 1. The SMILES string of the molecule is CCCCCCCCCCCCC(CCO)CCC(=O)OCc1ccc(OC)cc1. The lowest BCUT2D eigenvalue weighted by molar-refractivity contribution is -0.145. The minimum Gasteiger partial charge on any atom is -0.497 e. The van der Waals surface area contributed by atoms with Gasteiger partial charge in [0.25, 0.3) is 0 Å². The topological polar surface area (TPSA) is 55.8 Å². The molecule has 0 aliphatic heterocycles. The summed E-state index contributed by atoms with van der Waals surface area (Å²) >= 11 is 0. The number of unbranched alkanes of at least 4 members (excludes halogenated alkanes) is 9. The third-order valence-electron chi connectivity index (χ3n) is 5.82. The Bertz CT molecular complexity index is 526. The van der Waals surface area contributed by atoms with Crippen molar-refractivity contribution in [3.8, 4) is 5.75 Å². The smallest absolute Gasteiger partial charge is 0.306 e. The van der Waals surface area contributed by atoms with Crippen LogP contribution in [0.4, 0.5) is 0 Å². The highest BCUT2D eigenvalue weighted by molar-refractivity contribution is 5.69. The van der Waals surface area contributed by atoms with Crippen molar-refractivity contribution in [3.05, 3.63) is 29.8 Å². The summed E-state index contributed by atoms with van der Waals surface area (Å²) in [5.74, 6) is 1.05. The van der Waals surface area contributed by atoms with Crippen LogP contribution >= 0.6 is 0 Å². The first kappa shape index (κ1) is 26.5. The number of carbonyl (C=O) groups is 1. The zero-order valence-corrected chi connectivity index (χ0v) is 19.4. The molecule has 1 N–H and O–H groups in total. The van der Waals surface area contributed by atoms with E-state index in [1.165, 1.54) is 64.2 Å². The molecule has 1 aromatic carbocycles. The van der Waals surface area contributed by atoms with Crippen LogP contribution in [0.3, 0.4) is 0 Å². The first-order chi connectivity index (χ1) is 14.7. The monoisotopic (exact) mass is 420 g/mol. The Morgan fingerprint density at radius 1 is 0.867 bits per heavy atom. The number of hydrogen-bond acceptors (Lipinski definition) is 4. The maximum atomic E-state index is 12.1. The van der Waals surface area contributed by atoms with Gasteiger partial charge in [-0.3, -0.25) is 4.79 Å². The number of methoxy groups -OCH3 is 1. The molecule has 0 saturated heterocycles. The van der Waals surface area contributed by atoms with Crippen LogP contribution in [-0.2, 0) is 16.1 Å². The van der Waals surface area contributed by atoms with Gasteiger partial charge in [-0.05, 0) is 36.5 Å². The number of aliphatic hydroxyl groups excluding tert-OH is 1. The van der Waals surface area contributed by atoms with E-state index in [2.05, 4.69) is 6.92 Å². The quantitative estimate of drug-likeness (QED) is 0.197. The Hall–Kier alpha value is -1.55. The summed E-state index contributed by atoms with van der Waals surface area (Å²) < 4.78 is 10.5. The lowest BCUT2D eigenvalue weighted by atomic mass is 9.93. The second kappa shape index (κ2) is 18.2. The van der Waals surface area contributed by atoms with E-state index in [1.807, 2.05) is 24.3 Å². The molecule has 0 aliphatic rings. The van der Waals surface area contributed by atoms with Gasteiger partial charge in [-0.1, -0.05) is 89.7 Å². The van der Waals surface area contributed by atoms with E-state index in [9.17, 15) is 9.90 Å². The van der Waals surface area contributed by atoms with Crippen LogP contribution < -0.4 is 4.74 Å². The van der Waals surface area contributed by atoms with E-state index >= 15 is 0 Å². The Morgan fingerprint density at radius 3 is 2.03 bits per heavy atom. The minimum absolute atomic E-state index is 0.156. The zero-order valence-electron chi connectivity index (χ0n) is 19.4. The second-order valence-corrected chi connectivity index (χ2v) is 8.40. The summed E-state index contributed by atoms with van der Waals surface area (Å²) in [5, 5.41) is 9.33. The van der Waals surface area contributed by atoms with E-state index in [-0.39, 0.29) is 12.6 Å². The van der Waals surface area contributed by atoms with Crippen molar-refractivity contribution >= 4 is 5.97 Å². The first-order valence-electron chi connectivity index (χ1n) is 12.1. The van der Waals surface area contributed by atoms with Gasteiger partial charge in [0.1, 0.15) is 12.4 Å². The number of hydrogen-bond donors (Lipinski definition) is 1. The molecule has 1 unspecified atom stereocenters. The molecule has 4 nitrogen and oxygen atoms in total. The highest BCUT2D eigenvalue weighted by Gasteiger charge is 2.12. The molecule has 172 valence electrons. The largest absolute Gasteiger partial charge is 0.497 e. The average molecular weight is 421 g/mol. The third kappa shape index (κ3) is 13.6. The van der Waals surface area contributed by atoms with Gasteiger partial charge in [0.05, 0.1) is 7.11 Å². The summed E-state index contributed by atoms with van der Waals surface area (Å²) in [6.45, 7) is 2.75. The van der Waals surface area contributed by atoms with Crippen molar-refractivity contribution in [2.45, 2.75) is 103 Å². The van der Waals surface area contributed by atoms with E-state index in [1.54, 1.807) is 7.11 Å². The zero-order chi connectivity index (χ0) is 21.9. The molecule has 30 heavy (non-hydrogen) atoms. The van der Waals surface area contributed by atoms with Gasteiger partial charge >= 0.3 is 5.97 Å². The van der Waals surface area contributed by atoms with Crippen molar-refractivity contribution in [2.75, 3.05) is 13.7 Å². The standard InChI is InChI=1S/C26H44O4/c1-3-4-5-6-7-8-9-10-11-12-13-23(20-21-27)16-19-26(28)30-22-24-14-17-25(29-2)18-15-24/h14-15,17-18,23,27H,3-13,16,19-22H2,1-2H3. The predicted molar refractivity (Wildman–Crippen MR) is 124 cm³/mol. The van der Waals surface area contributed by atoms with Crippen LogP contribution in [0.15, 0.2) is 24.3 Å². The van der Waals surface area contributed by atoms with Gasteiger partial charge in [-0.25, -0.2) is 0 Å². The number of benzene rings is 1. The van der Waals surface area contributed by atoms with E-state index in [4.69, 9.17) is 9.47 Å². The van der Waals surface area contributed by atoms with Crippen molar-refractivity contribution in [2.24, 2.45) is 5.92 Å². The maximum Gasteiger partial charge on any atom is 0.306 e. The highest BCUT2D eigenvalue weighted by atomic mass is 16.5. The van der Waals surface area contributed by atoms with E-state index in [0.717, 1.165) is 30.6 Å². The molecular weight excluding hydrogens is 376 g/mol. The Balaban J connectivity index is 2.10. The second-order valence-electron chi connectivity index (χ2n) is 8.40. The fraction of sp³-hybridized carbons (Fsp3) is 0.731. The molecular formula is C26H44O4. The summed E-state index contributed by atoms with van der Waals surface area (Å²) in [4.78, 5) is 12.1. The maximum absolute atomic E-state index is 12.1. The Morgan fingerprint density at radius 2 is 1.47 bits per heavy atom. The lowest BCUT2D eigenvalue weighted by Crippen LogP contribution is -2.10. The van der Waals surface area contributed by atoms with E-state index < -0.39 is 0 Å². The summed E-state index contributed by atoms with van der Waals surface area (Å²) in [6.07, 6.45) is 16.4. The fourth-order valence-corrected chi connectivity index (χ4v) is 3.82. The Kier molecular flexibility index (Phi) is 16.1. The number of aliphatic hydroxyl groups is 1. The van der Waals surface area contributed by atoms with Gasteiger partial charge in [-0.2, -0.15) is 0 Å². The van der Waals surface area contributed by atoms with Gasteiger partial charge in [0.15, 0.2) is 0 Å². The van der Waals surface area contributed by atoms with Crippen molar-refractivity contribution in [3.63, 3.8) is 0 Å². The normalized spacial score (nSPS) is 12.0. The third-order valence-corrected chi connectivity index (χ3v) is 5.82. The Labute approximate surface area is 184 Å². The predicted octanol–water partition coefficient (Wildman–Crippen LogP) is 6.83. The molecule has 0 amide bonds. The van der Waals surface area contributed by atoms with Crippen LogP contribution in [0.25, 0.3) is 0 Å². The molecule has 1 rings (SSSR count). The first-order valence-corrected chi connectivity index (χ1v) is 12.1. The summed E-state index contributed by atoms with van der Waals surface area (Å²) in [7, 11) is 1.63.